The number of carbonyl (C=O) groups is 1. The van der Waals surface area contributed by atoms with Crippen LogP contribution in [0, 0.1) is 0 Å². The number of thioether (sulfide) groups is 1. The summed E-state index contributed by atoms with van der Waals surface area (Å²) >= 11 is 4.98. The van der Waals surface area contributed by atoms with Crippen LogP contribution >= 0.6 is 27.7 Å². The van der Waals surface area contributed by atoms with Gasteiger partial charge in [-0.05, 0) is 30.9 Å². The fraction of sp³-hybridized carbons (Fsp3) is 0.417. The number of anilines is 1. The number of hydrogen-bond acceptors (Lipinski definition) is 3. The van der Waals surface area contributed by atoms with E-state index in [9.17, 15) is 4.79 Å². The molecule has 1 aromatic rings. The number of aliphatic hydroxyl groups is 1. The number of urea groups is 1. The SMILES string of the molecule is CSC[C@H](CCO)NC(=O)Nc1cccc(Br)c1. The lowest BCUT2D eigenvalue weighted by Crippen LogP contribution is -2.40. The molecule has 1 aromatic carbocycles. The average molecular weight is 333 g/mol. The van der Waals surface area contributed by atoms with Gasteiger partial charge in [-0.1, -0.05) is 22.0 Å². The monoisotopic (exact) mass is 332 g/mol. The van der Waals surface area contributed by atoms with Gasteiger partial charge in [0.1, 0.15) is 0 Å². The number of carbonyl (C=O) groups excluding carboxylic acids is 1. The van der Waals surface area contributed by atoms with Gasteiger partial charge < -0.3 is 15.7 Å². The first-order valence-corrected chi connectivity index (χ1v) is 7.77. The molecule has 0 fully saturated rings. The summed E-state index contributed by atoms with van der Waals surface area (Å²) in [7, 11) is 0. The third-order valence-corrected chi connectivity index (χ3v) is 3.49. The summed E-state index contributed by atoms with van der Waals surface area (Å²) in [5, 5.41) is 14.5. The molecule has 3 N–H and O–H groups in total. The third kappa shape index (κ3) is 5.75. The van der Waals surface area contributed by atoms with Gasteiger partial charge in [0.25, 0.3) is 0 Å². The summed E-state index contributed by atoms with van der Waals surface area (Å²) in [6, 6.07) is 7.13. The molecule has 0 saturated carbocycles. The van der Waals surface area contributed by atoms with E-state index < -0.39 is 0 Å². The highest BCUT2D eigenvalue weighted by atomic mass is 79.9. The van der Waals surface area contributed by atoms with E-state index >= 15 is 0 Å². The molecule has 4 nitrogen and oxygen atoms in total. The van der Waals surface area contributed by atoms with Gasteiger partial charge in [-0.15, -0.1) is 0 Å². The van der Waals surface area contributed by atoms with Gasteiger partial charge in [-0.3, -0.25) is 0 Å². The molecule has 0 spiro atoms. The Morgan fingerprint density at radius 3 is 2.94 bits per heavy atom. The zero-order chi connectivity index (χ0) is 13.4. The fourth-order valence-electron chi connectivity index (χ4n) is 1.47. The topological polar surface area (TPSA) is 61.4 Å². The summed E-state index contributed by atoms with van der Waals surface area (Å²) < 4.78 is 0.913. The minimum absolute atomic E-state index is 0.0165. The van der Waals surface area contributed by atoms with Gasteiger partial charge in [-0.25, -0.2) is 4.79 Å². The lowest BCUT2D eigenvalue weighted by molar-refractivity contribution is 0.241. The first-order valence-electron chi connectivity index (χ1n) is 5.58. The normalized spacial score (nSPS) is 11.9. The number of nitrogens with one attached hydrogen (secondary N) is 2. The largest absolute Gasteiger partial charge is 0.396 e. The molecular formula is C12H17BrN2O2S. The molecule has 0 aliphatic rings. The molecule has 0 bridgehead atoms. The molecular weight excluding hydrogens is 316 g/mol. The van der Waals surface area contributed by atoms with Crippen LogP contribution < -0.4 is 10.6 Å². The Morgan fingerprint density at radius 1 is 1.56 bits per heavy atom. The van der Waals surface area contributed by atoms with Crippen molar-refractivity contribution in [3.8, 4) is 0 Å². The van der Waals surface area contributed by atoms with Gasteiger partial charge in [0, 0.05) is 28.6 Å². The van der Waals surface area contributed by atoms with Crippen molar-refractivity contribution < 1.29 is 9.90 Å². The van der Waals surface area contributed by atoms with Crippen LogP contribution in [0.5, 0.6) is 0 Å². The lowest BCUT2D eigenvalue weighted by atomic mass is 10.2. The van der Waals surface area contributed by atoms with E-state index in [-0.39, 0.29) is 18.7 Å². The van der Waals surface area contributed by atoms with Gasteiger partial charge in [0.15, 0.2) is 0 Å². The predicted molar refractivity (Wildman–Crippen MR) is 80.2 cm³/mol. The molecule has 0 heterocycles. The first kappa shape index (κ1) is 15.3. The summed E-state index contributed by atoms with van der Waals surface area (Å²) in [5.41, 5.74) is 0.730. The second kappa shape index (κ2) is 8.39. The van der Waals surface area contributed by atoms with Gasteiger partial charge in [0.2, 0.25) is 0 Å². The molecule has 6 heteroatoms. The quantitative estimate of drug-likeness (QED) is 0.750. The minimum Gasteiger partial charge on any atom is -0.396 e. The zero-order valence-corrected chi connectivity index (χ0v) is 12.6. The van der Waals surface area contributed by atoms with Crippen molar-refractivity contribution in [1.82, 2.24) is 5.32 Å². The Balaban J connectivity index is 2.49. The van der Waals surface area contributed by atoms with Crippen molar-refractivity contribution in [3.63, 3.8) is 0 Å². The van der Waals surface area contributed by atoms with Crippen molar-refractivity contribution >= 4 is 39.4 Å². The van der Waals surface area contributed by atoms with Crippen LogP contribution in [0.25, 0.3) is 0 Å². The molecule has 0 aliphatic carbocycles. The van der Waals surface area contributed by atoms with Crippen molar-refractivity contribution in [2.24, 2.45) is 0 Å². The second-order valence-corrected chi connectivity index (χ2v) is 5.60. The summed E-state index contributed by atoms with van der Waals surface area (Å²) in [4.78, 5) is 11.8. The van der Waals surface area contributed by atoms with Crippen LogP contribution in [-0.2, 0) is 0 Å². The van der Waals surface area contributed by atoms with Crippen molar-refractivity contribution in [1.29, 1.82) is 0 Å². The Bertz CT molecular complexity index is 384. The van der Waals surface area contributed by atoms with E-state index in [4.69, 9.17) is 5.11 Å². The summed E-state index contributed by atoms with van der Waals surface area (Å²) in [6.45, 7) is 0.0718. The molecule has 0 radical (unpaired) electrons. The maximum atomic E-state index is 11.8. The van der Waals surface area contributed by atoms with Gasteiger partial charge in [-0.2, -0.15) is 11.8 Å². The fourth-order valence-corrected chi connectivity index (χ4v) is 2.52. The van der Waals surface area contributed by atoms with Crippen molar-refractivity contribution in [2.75, 3.05) is 23.9 Å². The number of halogens is 1. The van der Waals surface area contributed by atoms with Crippen LogP contribution in [0.15, 0.2) is 28.7 Å². The Morgan fingerprint density at radius 2 is 2.33 bits per heavy atom. The molecule has 0 aliphatic heterocycles. The van der Waals surface area contributed by atoms with E-state index in [1.807, 2.05) is 30.5 Å². The van der Waals surface area contributed by atoms with Crippen LogP contribution in [0.1, 0.15) is 6.42 Å². The second-order valence-electron chi connectivity index (χ2n) is 3.77. The number of amides is 2. The van der Waals surface area contributed by atoms with Crippen LogP contribution in [0.4, 0.5) is 10.5 Å². The van der Waals surface area contributed by atoms with Crippen molar-refractivity contribution in [3.05, 3.63) is 28.7 Å². The minimum atomic E-state index is -0.249. The average Bonchev–Trinajstić information content (AvgIpc) is 2.29. The molecule has 2 amide bonds. The molecule has 0 saturated heterocycles. The van der Waals surface area contributed by atoms with Gasteiger partial charge in [0.05, 0.1) is 0 Å². The predicted octanol–water partition coefficient (Wildman–Crippen LogP) is 2.68. The Kier molecular flexibility index (Phi) is 7.15. The number of benzene rings is 1. The standard InChI is InChI=1S/C12H17BrN2O2S/c1-18-8-11(5-6-16)15-12(17)14-10-4-2-3-9(13)7-10/h2-4,7,11,16H,5-6,8H2,1H3,(H2,14,15,17)/t11-/m0/s1. The molecule has 1 rings (SSSR count). The summed E-state index contributed by atoms with van der Waals surface area (Å²) in [5.74, 6) is 0.784. The molecule has 0 aromatic heterocycles. The molecule has 100 valence electrons. The van der Waals surface area contributed by atoms with E-state index in [0.717, 1.165) is 15.9 Å². The number of hydrogen-bond donors (Lipinski definition) is 3. The van der Waals surface area contributed by atoms with E-state index in [2.05, 4.69) is 26.6 Å². The summed E-state index contributed by atoms with van der Waals surface area (Å²) in [6.07, 6.45) is 2.53. The van der Waals surface area contributed by atoms with E-state index in [0.29, 0.717) is 6.42 Å². The Labute approximate surface area is 120 Å². The smallest absolute Gasteiger partial charge is 0.319 e. The van der Waals surface area contributed by atoms with E-state index in [1.165, 1.54) is 0 Å². The molecule has 1 atom stereocenters. The third-order valence-electron chi connectivity index (χ3n) is 2.26. The molecule has 0 unspecified atom stereocenters. The van der Waals surface area contributed by atoms with Crippen LogP contribution in [0.3, 0.4) is 0 Å². The van der Waals surface area contributed by atoms with E-state index in [1.54, 1.807) is 11.8 Å². The van der Waals surface area contributed by atoms with Crippen molar-refractivity contribution in [2.45, 2.75) is 12.5 Å². The maximum Gasteiger partial charge on any atom is 0.319 e. The van der Waals surface area contributed by atoms with Crippen LogP contribution in [0.2, 0.25) is 0 Å². The number of rotatable bonds is 6. The highest BCUT2D eigenvalue weighted by Gasteiger charge is 2.11. The zero-order valence-electron chi connectivity index (χ0n) is 10.1. The maximum absolute atomic E-state index is 11.8. The number of aliphatic hydroxyl groups excluding tert-OH is 1. The Hall–Kier alpha value is -0.720. The van der Waals surface area contributed by atoms with Crippen LogP contribution in [-0.4, -0.2) is 35.8 Å². The lowest BCUT2D eigenvalue weighted by Gasteiger charge is -2.17. The highest BCUT2D eigenvalue weighted by molar-refractivity contribution is 9.10. The van der Waals surface area contributed by atoms with Gasteiger partial charge >= 0.3 is 6.03 Å². The highest BCUT2D eigenvalue weighted by Crippen LogP contribution is 2.15. The first-order chi connectivity index (χ1) is 8.65. The molecule has 18 heavy (non-hydrogen) atoms.